The molecule has 0 fully saturated rings. The van der Waals surface area contributed by atoms with Gasteiger partial charge in [-0.05, 0) is 35.9 Å². The van der Waals surface area contributed by atoms with Crippen molar-refractivity contribution in [2.45, 2.75) is 6.18 Å². The number of carbonyl (C=O) groups is 1. The number of benzene rings is 2. The third-order valence-corrected chi connectivity index (χ3v) is 2.84. The zero-order valence-corrected chi connectivity index (χ0v) is 10.9. The molecule has 2 N–H and O–H groups in total. The van der Waals surface area contributed by atoms with Crippen molar-refractivity contribution in [2.75, 3.05) is 5.73 Å². The molecule has 0 radical (unpaired) electrons. The van der Waals surface area contributed by atoms with Gasteiger partial charge >= 0.3 is 6.18 Å². The summed E-state index contributed by atoms with van der Waals surface area (Å²) in [5.74, 6) is -0.488. The van der Waals surface area contributed by atoms with E-state index in [0.29, 0.717) is 5.69 Å². The van der Waals surface area contributed by atoms with Crippen LogP contribution in [0.15, 0.2) is 54.6 Å². The Morgan fingerprint density at radius 2 is 1.71 bits per heavy atom. The number of nitrogen functional groups attached to an aromatic ring is 1. The van der Waals surface area contributed by atoms with E-state index in [-0.39, 0.29) is 5.56 Å². The van der Waals surface area contributed by atoms with E-state index in [2.05, 4.69) is 0 Å². The van der Waals surface area contributed by atoms with Gasteiger partial charge in [0.2, 0.25) is 0 Å². The first-order chi connectivity index (χ1) is 9.86. The van der Waals surface area contributed by atoms with Crippen LogP contribution in [0.5, 0.6) is 0 Å². The lowest BCUT2D eigenvalue weighted by Gasteiger charge is -2.07. The molecule has 0 atom stereocenters. The largest absolute Gasteiger partial charge is 0.416 e. The van der Waals surface area contributed by atoms with Crippen molar-refractivity contribution in [3.05, 3.63) is 71.3 Å². The number of hydrogen-bond donors (Lipinski definition) is 1. The molecule has 2 nitrogen and oxygen atoms in total. The van der Waals surface area contributed by atoms with E-state index < -0.39 is 17.5 Å². The smallest absolute Gasteiger partial charge is 0.399 e. The third kappa shape index (κ3) is 3.95. The van der Waals surface area contributed by atoms with E-state index in [1.807, 2.05) is 0 Å². The SMILES string of the molecule is Nc1ccc(/C=C/C(=O)c2cccc(C(F)(F)F)c2)cc1. The summed E-state index contributed by atoms with van der Waals surface area (Å²) in [4.78, 5) is 11.9. The topological polar surface area (TPSA) is 43.1 Å². The van der Waals surface area contributed by atoms with Crippen LogP contribution >= 0.6 is 0 Å². The van der Waals surface area contributed by atoms with Crippen molar-refractivity contribution < 1.29 is 18.0 Å². The first-order valence-electron chi connectivity index (χ1n) is 6.11. The second-order valence-corrected chi connectivity index (χ2v) is 4.44. The predicted octanol–water partition coefficient (Wildman–Crippen LogP) is 4.18. The molecule has 0 saturated heterocycles. The van der Waals surface area contributed by atoms with Gasteiger partial charge in [-0.3, -0.25) is 4.79 Å². The lowest BCUT2D eigenvalue weighted by molar-refractivity contribution is -0.137. The van der Waals surface area contributed by atoms with Gasteiger partial charge in [-0.2, -0.15) is 13.2 Å². The van der Waals surface area contributed by atoms with Crippen LogP contribution < -0.4 is 5.73 Å². The molecule has 0 amide bonds. The zero-order chi connectivity index (χ0) is 15.5. The fourth-order valence-electron chi connectivity index (χ4n) is 1.72. The summed E-state index contributed by atoms with van der Waals surface area (Å²) in [5.41, 5.74) is 6.03. The van der Waals surface area contributed by atoms with E-state index in [9.17, 15) is 18.0 Å². The Hall–Kier alpha value is -2.56. The Balaban J connectivity index is 2.19. The van der Waals surface area contributed by atoms with Gasteiger partial charge in [0.25, 0.3) is 0 Å². The monoisotopic (exact) mass is 291 g/mol. The first kappa shape index (κ1) is 14.8. The van der Waals surface area contributed by atoms with Gasteiger partial charge in [0.1, 0.15) is 0 Å². The fraction of sp³-hybridized carbons (Fsp3) is 0.0625. The number of allylic oxidation sites excluding steroid dienone is 1. The maximum Gasteiger partial charge on any atom is 0.416 e. The van der Waals surface area contributed by atoms with E-state index in [4.69, 9.17) is 5.73 Å². The van der Waals surface area contributed by atoms with Crippen LogP contribution in [0.2, 0.25) is 0 Å². The lowest BCUT2D eigenvalue weighted by atomic mass is 10.1. The van der Waals surface area contributed by atoms with E-state index in [1.54, 1.807) is 24.3 Å². The van der Waals surface area contributed by atoms with Crippen molar-refractivity contribution in [1.29, 1.82) is 0 Å². The Kier molecular flexibility index (Phi) is 4.12. The van der Waals surface area contributed by atoms with Crippen LogP contribution in [0.3, 0.4) is 0 Å². The summed E-state index contributed by atoms with van der Waals surface area (Å²) >= 11 is 0. The lowest BCUT2D eigenvalue weighted by Crippen LogP contribution is -2.06. The Labute approximate surface area is 119 Å². The highest BCUT2D eigenvalue weighted by atomic mass is 19.4. The van der Waals surface area contributed by atoms with Crippen molar-refractivity contribution in [2.24, 2.45) is 0 Å². The second kappa shape index (κ2) is 5.83. The van der Waals surface area contributed by atoms with Crippen LogP contribution in [0.4, 0.5) is 18.9 Å². The van der Waals surface area contributed by atoms with Crippen molar-refractivity contribution in [3.8, 4) is 0 Å². The number of halogens is 3. The number of rotatable bonds is 3. The average Bonchev–Trinajstić information content (AvgIpc) is 2.45. The maximum absolute atomic E-state index is 12.6. The molecule has 0 saturated carbocycles. The summed E-state index contributed by atoms with van der Waals surface area (Å²) in [6.07, 6.45) is -1.69. The molecule has 0 spiro atoms. The number of anilines is 1. The predicted molar refractivity (Wildman–Crippen MR) is 75.7 cm³/mol. The molecule has 2 aromatic rings. The van der Waals surface area contributed by atoms with Crippen molar-refractivity contribution in [3.63, 3.8) is 0 Å². The molecule has 2 aromatic carbocycles. The van der Waals surface area contributed by atoms with Gasteiger partial charge in [0.15, 0.2) is 5.78 Å². The van der Waals surface area contributed by atoms with E-state index in [0.717, 1.165) is 17.7 Å². The number of nitrogens with two attached hydrogens (primary N) is 1. The maximum atomic E-state index is 12.6. The summed E-state index contributed by atoms with van der Waals surface area (Å²) in [5, 5.41) is 0. The number of hydrogen-bond acceptors (Lipinski definition) is 2. The minimum Gasteiger partial charge on any atom is -0.399 e. The fourth-order valence-corrected chi connectivity index (χ4v) is 1.72. The molecule has 108 valence electrons. The molecule has 0 aliphatic rings. The van der Waals surface area contributed by atoms with Gasteiger partial charge in [0, 0.05) is 11.3 Å². The van der Waals surface area contributed by atoms with E-state index in [1.165, 1.54) is 24.3 Å². The van der Waals surface area contributed by atoms with E-state index >= 15 is 0 Å². The van der Waals surface area contributed by atoms with Crippen molar-refractivity contribution >= 4 is 17.5 Å². The Morgan fingerprint density at radius 3 is 2.33 bits per heavy atom. The van der Waals surface area contributed by atoms with Crippen LogP contribution in [0, 0.1) is 0 Å². The van der Waals surface area contributed by atoms with Gasteiger partial charge in [-0.15, -0.1) is 0 Å². The van der Waals surface area contributed by atoms with Crippen molar-refractivity contribution in [1.82, 2.24) is 0 Å². The molecule has 0 bridgehead atoms. The average molecular weight is 291 g/mol. The Morgan fingerprint density at radius 1 is 1.05 bits per heavy atom. The molecule has 0 aliphatic heterocycles. The third-order valence-electron chi connectivity index (χ3n) is 2.84. The van der Waals surface area contributed by atoms with Gasteiger partial charge < -0.3 is 5.73 Å². The normalized spacial score (nSPS) is 11.8. The number of alkyl halides is 3. The molecule has 21 heavy (non-hydrogen) atoms. The zero-order valence-electron chi connectivity index (χ0n) is 10.9. The van der Waals surface area contributed by atoms with Crippen LogP contribution in [-0.4, -0.2) is 5.78 Å². The number of carbonyl (C=O) groups excluding carboxylic acids is 1. The summed E-state index contributed by atoms with van der Waals surface area (Å²) < 4.78 is 37.7. The Bertz CT molecular complexity index is 673. The molecule has 2 rings (SSSR count). The minimum atomic E-state index is -4.46. The molecule has 5 heteroatoms. The molecular weight excluding hydrogens is 279 g/mol. The summed E-state index contributed by atoms with van der Waals surface area (Å²) in [6.45, 7) is 0. The molecule has 0 heterocycles. The first-order valence-corrected chi connectivity index (χ1v) is 6.11. The molecule has 0 aromatic heterocycles. The van der Waals surface area contributed by atoms with Crippen LogP contribution in [0.25, 0.3) is 6.08 Å². The summed E-state index contributed by atoms with van der Waals surface area (Å²) in [7, 11) is 0. The molecule has 0 unspecified atom stereocenters. The number of ketones is 1. The quantitative estimate of drug-likeness (QED) is 0.523. The minimum absolute atomic E-state index is 0.00322. The van der Waals surface area contributed by atoms with Crippen LogP contribution in [-0.2, 0) is 6.18 Å². The molecular formula is C16H12F3NO. The molecule has 0 aliphatic carbocycles. The highest BCUT2D eigenvalue weighted by Crippen LogP contribution is 2.29. The summed E-state index contributed by atoms with van der Waals surface area (Å²) in [6, 6.07) is 11.1. The highest BCUT2D eigenvalue weighted by Gasteiger charge is 2.30. The highest BCUT2D eigenvalue weighted by molar-refractivity contribution is 6.06. The second-order valence-electron chi connectivity index (χ2n) is 4.44. The van der Waals surface area contributed by atoms with Crippen LogP contribution in [0.1, 0.15) is 21.5 Å². The standard InChI is InChI=1S/C16H12F3NO/c17-16(18,19)13-3-1-2-12(10-13)15(21)9-6-11-4-7-14(20)8-5-11/h1-10H,20H2/b9-6+. The van der Waals surface area contributed by atoms with Gasteiger partial charge in [-0.1, -0.05) is 30.3 Å². The van der Waals surface area contributed by atoms with Gasteiger partial charge in [0.05, 0.1) is 5.56 Å². The van der Waals surface area contributed by atoms with Gasteiger partial charge in [-0.25, -0.2) is 0 Å².